The number of ether oxygens (including phenoxy) is 1. The molecular weight excluding hydrogens is 356 g/mol. The highest BCUT2D eigenvalue weighted by molar-refractivity contribution is 6.01. The van der Waals surface area contributed by atoms with Gasteiger partial charge < -0.3 is 20.3 Å². The SMILES string of the molecule is O=C(NCc1ccccn1)C1CC1C(=O)Nc1ccccc1N1CCOCC1. The molecule has 0 bridgehead atoms. The van der Waals surface area contributed by atoms with Crippen LogP contribution in [0, 0.1) is 11.8 Å². The number of rotatable bonds is 6. The van der Waals surface area contributed by atoms with E-state index in [1.807, 2.05) is 42.5 Å². The number of nitrogens with one attached hydrogen (secondary N) is 2. The fourth-order valence-electron chi connectivity index (χ4n) is 3.47. The molecule has 1 saturated heterocycles. The van der Waals surface area contributed by atoms with Gasteiger partial charge in [-0.05, 0) is 30.7 Å². The summed E-state index contributed by atoms with van der Waals surface area (Å²) in [6, 6.07) is 13.4. The summed E-state index contributed by atoms with van der Waals surface area (Å²) in [5.41, 5.74) is 2.59. The van der Waals surface area contributed by atoms with Gasteiger partial charge in [-0.1, -0.05) is 18.2 Å². The van der Waals surface area contributed by atoms with E-state index in [9.17, 15) is 9.59 Å². The monoisotopic (exact) mass is 380 g/mol. The number of pyridine rings is 1. The third-order valence-corrected chi connectivity index (χ3v) is 5.15. The van der Waals surface area contributed by atoms with Crippen molar-refractivity contribution >= 4 is 23.2 Å². The van der Waals surface area contributed by atoms with E-state index < -0.39 is 0 Å². The number of para-hydroxylation sites is 2. The van der Waals surface area contributed by atoms with E-state index in [-0.39, 0.29) is 23.7 Å². The van der Waals surface area contributed by atoms with Crippen LogP contribution in [-0.4, -0.2) is 43.1 Å². The Kier molecular flexibility index (Phi) is 5.53. The normalized spacial score (nSPS) is 21.1. The van der Waals surface area contributed by atoms with Gasteiger partial charge >= 0.3 is 0 Å². The summed E-state index contributed by atoms with van der Waals surface area (Å²) >= 11 is 0. The molecule has 1 saturated carbocycles. The first-order valence-electron chi connectivity index (χ1n) is 9.62. The minimum absolute atomic E-state index is 0.0905. The number of carbonyl (C=O) groups is 2. The van der Waals surface area contributed by atoms with Gasteiger partial charge in [0.05, 0.1) is 48.7 Å². The second-order valence-electron chi connectivity index (χ2n) is 7.09. The van der Waals surface area contributed by atoms with Gasteiger partial charge in [0.1, 0.15) is 0 Å². The van der Waals surface area contributed by atoms with Crippen LogP contribution in [-0.2, 0) is 20.9 Å². The van der Waals surface area contributed by atoms with Gasteiger partial charge in [-0.3, -0.25) is 14.6 Å². The second kappa shape index (κ2) is 8.39. The lowest BCUT2D eigenvalue weighted by Gasteiger charge is -2.30. The summed E-state index contributed by atoms with van der Waals surface area (Å²) in [6.07, 6.45) is 2.28. The molecule has 1 aliphatic heterocycles. The van der Waals surface area contributed by atoms with Crippen LogP contribution >= 0.6 is 0 Å². The van der Waals surface area contributed by atoms with Crippen molar-refractivity contribution in [3.63, 3.8) is 0 Å². The number of morpholine rings is 1. The lowest BCUT2D eigenvalue weighted by molar-refractivity contribution is -0.125. The average molecular weight is 380 g/mol. The lowest BCUT2D eigenvalue weighted by Crippen LogP contribution is -2.36. The summed E-state index contributed by atoms with van der Waals surface area (Å²) in [7, 11) is 0. The topological polar surface area (TPSA) is 83.6 Å². The van der Waals surface area contributed by atoms with Gasteiger partial charge in [-0.25, -0.2) is 0 Å². The zero-order chi connectivity index (χ0) is 19.3. The summed E-state index contributed by atoms with van der Waals surface area (Å²) in [6.45, 7) is 3.35. The molecule has 2 heterocycles. The van der Waals surface area contributed by atoms with Crippen molar-refractivity contribution in [2.45, 2.75) is 13.0 Å². The predicted molar refractivity (Wildman–Crippen MR) is 106 cm³/mol. The molecule has 2 unspecified atom stereocenters. The van der Waals surface area contributed by atoms with Crippen LogP contribution in [0.4, 0.5) is 11.4 Å². The molecular formula is C21H24N4O3. The van der Waals surface area contributed by atoms with Crippen molar-refractivity contribution in [1.82, 2.24) is 10.3 Å². The van der Waals surface area contributed by atoms with Crippen LogP contribution in [0.5, 0.6) is 0 Å². The highest BCUT2D eigenvalue weighted by Gasteiger charge is 2.48. The molecule has 2 aromatic rings. The standard InChI is InChI=1S/C21H24N4O3/c26-20(23-14-15-5-3-4-8-22-15)16-13-17(16)21(27)24-18-6-1-2-7-19(18)25-9-11-28-12-10-25/h1-8,16-17H,9-14H2,(H,23,26)(H,24,27). The van der Waals surface area contributed by atoms with E-state index in [1.54, 1.807) is 6.20 Å². The molecule has 7 nitrogen and oxygen atoms in total. The molecule has 1 aliphatic carbocycles. The highest BCUT2D eigenvalue weighted by Crippen LogP contribution is 2.40. The predicted octanol–water partition coefficient (Wildman–Crippen LogP) is 1.81. The largest absolute Gasteiger partial charge is 0.378 e. The molecule has 4 rings (SSSR count). The summed E-state index contributed by atoms with van der Waals surface area (Å²) in [5.74, 6) is -0.730. The Hall–Kier alpha value is -2.93. The molecule has 0 spiro atoms. The van der Waals surface area contributed by atoms with E-state index in [0.29, 0.717) is 26.2 Å². The molecule has 28 heavy (non-hydrogen) atoms. The van der Waals surface area contributed by atoms with Gasteiger partial charge in [0.2, 0.25) is 11.8 Å². The van der Waals surface area contributed by atoms with Crippen LogP contribution in [0.15, 0.2) is 48.7 Å². The maximum Gasteiger partial charge on any atom is 0.228 e. The number of hydrogen-bond acceptors (Lipinski definition) is 5. The molecule has 2 fully saturated rings. The zero-order valence-corrected chi connectivity index (χ0v) is 15.6. The molecule has 0 radical (unpaired) electrons. The van der Waals surface area contributed by atoms with E-state index >= 15 is 0 Å². The molecule has 1 aromatic carbocycles. The van der Waals surface area contributed by atoms with Crippen molar-refractivity contribution in [3.05, 3.63) is 54.4 Å². The Morgan fingerprint density at radius 2 is 1.79 bits per heavy atom. The smallest absolute Gasteiger partial charge is 0.228 e. The summed E-state index contributed by atoms with van der Waals surface area (Å²) in [4.78, 5) is 31.4. The number of aromatic nitrogens is 1. The first kappa shape index (κ1) is 18.4. The van der Waals surface area contributed by atoms with Crippen molar-refractivity contribution in [1.29, 1.82) is 0 Å². The van der Waals surface area contributed by atoms with Crippen LogP contribution in [0.25, 0.3) is 0 Å². The lowest BCUT2D eigenvalue weighted by atomic mass is 10.2. The van der Waals surface area contributed by atoms with Gasteiger partial charge in [0.25, 0.3) is 0 Å². The highest BCUT2D eigenvalue weighted by atomic mass is 16.5. The Labute approximate surface area is 164 Å². The van der Waals surface area contributed by atoms with Crippen LogP contribution in [0.2, 0.25) is 0 Å². The Morgan fingerprint density at radius 3 is 2.57 bits per heavy atom. The maximum absolute atomic E-state index is 12.7. The van der Waals surface area contributed by atoms with Crippen LogP contribution < -0.4 is 15.5 Å². The van der Waals surface area contributed by atoms with Crippen molar-refractivity contribution < 1.29 is 14.3 Å². The number of hydrogen-bond donors (Lipinski definition) is 2. The quantitative estimate of drug-likeness (QED) is 0.799. The minimum Gasteiger partial charge on any atom is -0.378 e. The van der Waals surface area contributed by atoms with Crippen molar-refractivity contribution in [2.24, 2.45) is 11.8 Å². The third-order valence-electron chi connectivity index (χ3n) is 5.15. The Bertz CT molecular complexity index is 837. The van der Waals surface area contributed by atoms with Gasteiger partial charge in [0, 0.05) is 19.3 Å². The van der Waals surface area contributed by atoms with Gasteiger partial charge in [-0.2, -0.15) is 0 Å². The number of carbonyl (C=O) groups excluding carboxylic acids is 2. The third kappa shape index (κ3) is 4.31. The fourth-order valence-corrected chi connectivity index (χ4v) is 3.47. The molecule has 2 amide bonds. The van der Waals surface area contributed by atoms with Crippen LogP contribution in [0.1, 0.15) is 12.1 Å². The molecule has 2 aliphatic rings. The molecule has 2 N–H and O–H groups in total. The first-order chi connectivity index (χ1) is 13.7. The van der Waals surface area contributed by atoms with Gasteiger partial charge in [0.15, 0.2) is 0 Å². The first-order valence-corrected chi connectivity index (χ1v) is 9.62. The maximum atomic E-state index is 12.7. The van der Waals surface area contributed by atoms with Crippen molar-refractivity contribution in [2.75, 3.05) is 36.5 Å². The van der Waals surface area contributed by atoms with E-state index in [4.69, 9.17) is 4.74 Å². The number of nitrogens with zero attached hydrogens (tertiary/aromatic N) is 2. The number of amides is 2. The summed E-state index contributed by atoms with van der Waals surface area (Å²) < 4.78 is 5.41. The van der Waals surface area contributed by atoms with E-state index in [1.165, 1.54) is 0 Å². The molecule has 146 valence electrons. The Morgan fingerprint density at radius 1 is 1.04 bits per heavy atom. The minimum atomic E-state index is -0.276. The number of benzene rings is 1. The van der Waals surface area contributed by atoms with Crippen molar-refractivity contribution in [3.8, 4) is 0 Å². The average Bonchev–Trinajstić information content (AvgIpc) is 3.55. The molecule has 1 aromatic heterocycles. The summed E-state index contributed by atoms with van der Waals surface area (Å²) in [5, 5.41) is 5.88. The second-order valence-corrected chi connectivity index (χ2v) is 7.09. The Balaban J connectivity index is 1.32. The van der Waals surface area contributed by atoms with Crippen LogP contribution in [0.3, 0.4) is 0 Å². The van der Waals surface area contributed by atoms with Gasteiger partial charge in [-0.15, -0.1) is 0 Å². The van der Waals surface area contributed by atoms with E-state index in [0.717, 1.165) is 30.2 Å². The fraction of sp³-hybridized carbons (Fsp3) is 0.381. The van der Waals surface area contributed by atoms with E-state index in [2.05, 4.69) is 20.5 Å². The molecule has 7 heteroatoms. The number of anilines is 2. The molecule has 2 atom stereocenters. The zero-order valence-electron chi connectivity index (χ0n) is 15.6.